The van der Waals surface area contributed by atoms with Crippen LogP contribution in [0.2, 0.25) is 13.1 Å². The van der Waals surface area contributed by atoms with E-state index in [-0.39, 0.29) is 0 Å². The molecule has 2 aromatic carbocycles. The van der Waals surface area contributed by atoms with Gasteiger partial charge in [-0.15, -0.1) is 13.2 Å². The average molecular weight is 309 g/mol. The summed E-state index contributed by atoms with van der Waals surface area (Å²) in [4.78, 5) is 0. The van der Waals surface area contributed by atoms with E-state index in [0.29, 0.717) is 9.76 Å². The molecule has 106 valence electrons. The van der Waals surface area contributed by atoms with E-state index in [9.17, 15) is 0 Å². The second-order valence-electron chi connectivity index (χ2n) is 4.99. The Bertz CT molecular complexity index is 541. The van der Waals surface area contributed by atoms with Crippen LogP contribution in [0.1, 0.15) is 0 Å². The summed E-state index contributed by atoms with van der Waals surface area (Å²) < 4.78 is 5.46. The maximum atomic E-state index is 5.46. The largest absolute Gasteiger partial charge is 0.450 e. The summed E-state index contributed by atoms with van der Waals surface area (Å²) in [6, 6.07) is 17.1. The maximum absolute atomic E-state index is 5.46. The highest BCUT2D eigenvalue weighted by Crippen LogP contribution is 2.46. The zero-order valence-electron chi connectivity index (χ0n) is 12.6. The van der Waals surface area contributed by atoms with Gasteiger partial charge in [-0.3, -0.25) is 0 Å². The van der Waals surface area contributed by atoms with Gasteiger partial charge in [0.2, 0.25) is 18.1 Å². The first-order chi connectivity index (χ1) is 10.1. The molecule has 0 fully saturated rings. The van der Waals surface area contributed by atoms with E-state index in [1.54, 1.807) is 0 Å². The Morgan fingerprint density at radius 1 is 0.857 bits per heavy atom. The molecule has 2 radical (unpaired) electrons. The first kappa shape index (κ1) is 15.7. The van der Waals surface area contributed by atoms with Crippen molar-refractivity contribution in [3.8, 4) is 22.3 Å². The molecule has 0 saturated carbocycles. The molecule has 2 aromatic rings. The van der Waals surface area contributed by atoms with Gasteiger partial charge < -0.3 is 4.12 Å². The Morgan fingerprint density at radius 3 is 1.38 bits per heavy atom. The van der Waals surface area contributed by atoms with E-state index in [1.165, 1.54) is 22.3 Å². The van der Waals surface area contributed by atoms with Crippen LogP contribution in [0.4, 0.5) is 0 Å². The molecule has 0 amide bonds. The van der Waals surface area contributed by atoms with Crippen molar-refractivity contribution in [2.45, 2.75) is 13.1 Å². The SMILES string of the molecule is C=C[Si](C)(C=C)O[Si]C.c1ccc2c(c1)-c1ccccc1-2. The summed E-state index contributed by atoms with van der Waals surface area (Å²) in [5, 5.41) is 0. The van der Waals surface area contributed by atoms with Gasteiger partial charge in [0, 0.05) is 0 Å². The standard InChI is InChI=1S/C12H8.C6H12OSi2/c1-2-6-10-9(5-1)11-7-3-4-8-12(10)11;1-5-9(4,6-2)7-8-3/h1-8H;5-6H,1-2H2,3-4H3. The van der Waals surface area contributed by atoms with Crippen LogP contribution in [0.3, 0.4) is 0 Å². The van der Waals surface area contributed by atoms with Crippen molar-refractivity contribution in [1.82, 2.24) is 0 Å². The van der Waals surface area contributed by atoms with Crippen LogP contribution in [0.15, 0.2) is 73.1 Å². The number of hydrogen-bond donors (Lipinski definition) is 0. The molecule has 0 spiro atoms. The monoisotopic (exact) mass is 308 g/mol. The highest BCUT2D eigenvalue weighted by molar-refractivity contribution is 6.84. The minimum absolute atomic E-state index is 0.542. The minimum atomic E-state index is -1.66. The van der Waals surface area contributed by atoms with Crippen molar-refractivity contribution in [2.75, 3.05) is 0 Å². The van der Waals surface area contributed by atoms with Gasteiger partial charge in [0.25, 0.3) is 0 Å². The highest BCUT2D eigenvalue weighted by Gasteiger charge is 2.19. The second-order valence-corrected chi connectivity index (χ2v) is 9.40. The molecule has 0 bridgehead atoms. The average Bonchev–Trinajstić information content (AvgIpc) is 2.53. The molecule has 3 rings (SSSR count). The third-order valence-corrected chi connectivity index (χ3v) is 7.76. The van der Waals surface area contributed by atoms with E-state index in [2.05, 4.69) is 68.2 Å². The Balaban J connectivity index is 0.000000163. The quantitative estimate of drug-likeness (QED) is 0.614. The summed E-state index contributed by atoms with van der Waals surface area (Å²) in [5.74, 6) is 0. The lowest BCUT2D eigenvalue weighted by molar-refractivity contribution is 0.616. The van der Waals surface area contributed by atoms with Gasteiger partial charge in [0.15, 0.2) is 0 Å². The fraction of sp³-hybridized carbons (Fsp3) is 0.111. The molecule has 21 heavy (non-hydrogen) atoms. The zero-order valence-corrected chi connectivity index (χ0v) is 14.6. The highest BCUT2D eigenvalue weighted by atomic mass is 28.4. The lowest BCUT2D eigenvalue weighted by Gasteiger charge is -2.22. The third-order valence-electron chi connectivity index (χ3n) is 3.57. The van der Waals surface area contributed by atoms with Gasteiger partial charge >= 0.3 is 0 Å². The smallest absolute Gasteiger partial charge is 0.225 e. The Kier molecular flexibility index (Phi) is 5.12. The van der Waals surface area contributed by atoms with Crippen LogP contribution in [0, 0.1) is 0 Å². The van der Waals surface area contributed by atoms with Crippen molar-refractivity contribution in [1.29, 1.82) is 0 Å². The molecule has 0 N–H and O–H groups in total. The molecular weight excluding hydrogens is 288 g/mol. The third kappa shape index (κ3) is 3.32. The van der Waals surface area contributed by atoms with Gasteiger partial charge in [0.05, 0.1) is 0 Å². The predicted octanol–water partition coefficient (Wildman–Crippen LogP) is 5.03. The van der Waals surface area contributed by atoms with Crippen molar-refractivity contribution in [3.05, 3.63) is 73.1 Å². The van der Waals surface area contributed by atoms with Gasteiger partial charge in [0.1, 0.15) is 0 Å². The molecule has 0 unspecified atom stereocenters. The molecule has 1 nitrogen and oxygen atoms in total. The topological polar surface area (TPSA) is 9.23 Å². The summed E-state index contributed by atoms with van der Waals surface area (Å²) in [6.07, 6.45) is 0. The van der Waals surface area contributed by atoms with Crippen LogP contribution in [-0.4, -0.2) is 18.1 Å². The number of fused-ring (bicyclic) bond motifs is 4. The molecule has 0 aromatic heterocycles. The normalized spacial score (nSPS) is 11.1. The zero-order chi connectivity index (χ0) is 15.3. The van der Waals surface area contributed by atoms with E-state index in [4.69, 9.17) is 4.12 Å². The van der Waals surface area contributed by atoms with Gasteiger partial charge in [-0.25, -0.2) is 0 Å². The number of benzene rings is 2. The van der Waals surface area contributed by atoms with Crippen molar-refractivity contribution in [3.63, 3.8) is 0 Å². The second kappa shape index (κ2) is 6.85. The molecule has 0 heterocycles. The molecule has 0 saturated heterocycles. The summed E-state index contributed by atoms with van der Waals surface area (Å²) >= 11 is 0. The Morgan fingerprint density at radius 2 is 1.19 bits per heavy atom. The summed E-state index contributed by atoms with van der Waals surface area (Å²) in [5.41, 5.74) is 9.36. The first-order valence-corrected chi connectivity index (χ1v) is 10.9. The van der Waals surface area contributed by atoms with E-state index in [0.717, 1.165) is 0 Å². The Hall–Kier alpha value is -1.69. The first-order valence-electron chi connectivity index (χ1n) is 6.96. The Labute approximate surface area is 131 Å². The number of hydrogen-bond acceptors (Lipinski definition) is 1. The molecule has 1 aliphatic carbocycles. The fourth-order valence-electron chi connectivity index (χ4n) is 2.23. The molecule has 3 heteroatoms. The van der Waals surface area contributed by atoms with Gasteiger partial charge in [-0.05, 0) is 35.3 Å². The van der Waals surface area contributed by atoms with Crippen LogP contribution >= 0.6 is 0 Å². The molecule has 0 aliphatic heterocycles. The molecular formula is C18H20OSi2. The maximum Gasteiger partial charge on any atom is 0.225 e. The van der Waals surface area contributed by atoms with E-state index in [1.807, 2.05) is 17.9 Å². The number of rotatable bonds is 4. The predicted molar refractivity (Wildman–Crippen MR) is 95.6 cm³/mol. The summed E-state index contributed by atoms with van der Waals surface area (Å²) in [6.45, 7) is 11.5. The fourth-order valence-corrected chi connectivity index (χ4v) is 4.82. The van der Waals surface area contributed by atoms with Crippen molar-refractivity contribution < 1.29 is 4.12 Å². The van der Waals surface area contributed by atoms with E-state index < -0.39 is 8.32 Å². The van der Waals surface area contributed by atoms with Crippen LogP contribution in [0.5, 0.6) is 0 Å². The summed E-state index contributed by atoms with van der Waals surface area (Å²) in [7, 11) is -1.12. The van der Waals surface area contributed by atoms with E-state index >= 15 is 0 Å². The molecule has 1 aliphatic rings. The van der Waals surface area contributed by atoms with Crippen molar-refractivity contribution in [2.24, 2.45) is 0 Å². The lowest BCUT2D eigenvalue weighted by Crippen LogP contribution is -2.30. The van der Waals surface area contributed by atoms with Gasteiger partial charge in [-0.2, -0.15) is 0 Å². The van der Waals surface area contributed by atoms with Crippen LogP contribution < -0.4 is 0 Å². The van der Waals surface area contributed by atoms with Crippen molar-refractivity contribution >= 4 is 18.1 Å². The van der Waals surface area contributed by atoms with Crippen LogP contribution in [-0.2, 0) is 4.12 Å². The lowest BCUT2D eigenvalue weighted by atomic mass is 9.81. The van der Waals surface area contributed by atoms with Gasteiger partial charge in [-0.1, -0.05) is 59.9 Å². The molecule has 0 atom stereocenters. The van der Waals surface area contributed by atoms with Crippen LogP contribution in [0.25, 0.3) is 22.3 Å². The minimum Gasteiger partial charge on any atom is -0.450 e.